The van der Waals surface area contributed by atoms with Crippen molar-refractivity contribution in [2.75, 3.05) is 43.5 Å². The first kappa shape index (κ1) is 21.5. The van der Waals surface area contributed by atoms with Gasteiger partial charge in [-0.25, -0.2) is 13.8 Å². The second kappa shape index (κ2) is 9.17. The van der Waals surface area contributed by atoms with E-state index in [0.29, 0.717) is 37.9 Å². The number of halogens is 2. The van der Waals surface area contributed by atoms with Gasteiger partial charge in [-0.1, -0.05) is 6.07 Å². The van der Waals surface area contributed by atoms with Gasteiger partial charge in [0.1, 0.15) is 28.8 Å². The Bertz CT molecular complexity index is 1100. The van der Waals surface area contributed by atoms with E-state index in [9.17, 15) is 13.6 Å². The minimum atomic E-state index is -0.853. The number of anilines is 3. The highest BCUT2D eigenvalue weighted by Crippen LogP contribution is 2.22. The van der Waals surface area contributed by atoms with Crippen LogP contribution in [0.3, 0.4) is 0 Å². The summed E-state index contributed by atoms with van der Waals surface area (Å²) in [6.45, 7) is 3.40. The monoisotopic (exact) mass is 439 g/mol. The maximum absolute atomic E-state index is 14.0. The van der Waals surface area contributed by atoms with E-state index in [-0.39, 0.29) is 0 Å². The molecule has 0 spiro atoms. The molecule has 2 heterocycles. The molecular weight excluding hydrogens is 416 g/mol. The van der Waals surface area contributed by atoms with Crippen LogP contribution in [-0.2, 0) is 0 Å². The smallest absolute Gasteiger partial charge is 0.259 e. The normalized spacial score (nSPS) is 13.8. The molecule has 1 aromatic heterocycles. The Morgan fingerprint density at radius 2 is 1.66 bits per heavy atom. The summed E-state index contributed by atoms with van der Waals surface area (Å²) in [5, 5.41) is 3.26. The summed E-state index contributed by atoms with van der Waals surface area (Å²) in [5.41, 5.74) is 1.13. The van der Waals surface area contributed by atoms with E-state index < -0.39 is 23.1 Å². The average Bonchev–Trinajstić information content (AvgIpc) is 2.79. The lowest BCUT2D eigenvalue weighted by Crippen LogP contribution is -2.49. The highest BCUT2D eigenvalue weighted by Gasteiger charge is 2.27. The Morgan fingerprint density at radius 3 is 2.28 bits per heavy atom. The molecule has 0 bridgehead atoms. The van der Waals surface area contributed by atoms with Crippen molar-refractivity contribution in [3.63, 3.8) is 0 Å². The van der Waals surface area contributed by atoms with Gasteiger partial charge in [-0.3, -0.25) is 4.79 Å². The minimum absolute atomic E-state index is 0.311. The van der Waals surface area contributed by atoms with E-state index in [1.165, 1.54) is 11.0 Å². The van der Waals surface area contributed by atoms with Crippen LogP contribution in [0, 0.1) is 18.6 Å². The van der Waals surface area contributed by atoms with Crippen molar-refractivity contribution in [2.24, 2.45) is 0 Å². The maximum atomic E-state index is 14.0. The lowest BCUT2D eigenvalue weighted by Gasteiger charge is -2.35. The summed E-state index contributed by atoms with van der Waals surface area (Å²) < 4.78 is 33.1. The lowest BCUT2D eigenvalue weighted by atomic mass is 10.1. The largest absolute Gasteiger partial charge is 0.497 e. The number of nitrogens with one attached hydrogen (secondary N) is 1. The number of amides is 1. The van der Waals surface area contributed by atoms with Gasteiger partial charge in [-0.05, 0) is 43.3 Å². The summed E-state index contributed by atoms with van der Waals surface area (Å²) >= 11 is 0. The zero-order valence-corrected chi connectivity index (χ0v) is 17.8. The Morgan fingerprint density at radius 1 is 1.00 bits per heavy atom. The number of methoxy groups -OCH3 is 1. The summed E-state index contributed by atoms with van der Waals surface area (Å²) in [5.74, 6) is -0.415. The topological polar surface area (TPSA) is 70.6 Å². The van der Waals surface area contributed by atoms with E-state index in [2.05, 4.69) is 15.3 Å². The molecule has 9 heteroatoms. The van der Waals surface area contributed by atoms with Crippen molar-refractivity contribution >= 4 is 23.4 Å². The molecule has 32 heavy (non-hydrogen) atoms. The Labute approximate surface area is 184 Å². The van der Waals surface area contributed by atoms with Gasteiger partial charge in [0.15, 0.2) is 0 Å². The zero-order chi connectivity index (χ0) is 22.7. The number of carbonyl (C=O) groups is 1. The van der Waals surface area contributed by atoms with E-state index >= 15 is 0 Å². The molecule has 166 valence electrons. The van der Waals surface area contributed by atoms with Crippen LogP contribution in [-0.4, -0.2) is 54.1 Å². The molecule has 0 radical (unpaired) electrons. The number of nitrogens with zero attached hydrogens (tertiary/aromatic N) is 4. The van der Waals surface area contributed by atoms with Crippen LogP contribution in [0.25, 0.3) is 0 Å². The van der Waals surface area contributed by atoms with Gasteiger partial charge in [0, 0.05) is 43.6 Å². The lowest BCUT2D eigenvalue weighted by molar-refractivity contribution is 0.0736. The van der Waals surface area contributed by atoms with Crippen molar-refractivity contribution in [3.8, 4) is 5.75 Å². The van der Waals surface area contributed by atoms with Crippen molar-refractivity contribution in [1.29, 1.82) is 0 Å². The molecular formula is C23H23F2N5O2. The molecule has 3 aromatic rings. The van der Waals surface area contributed by atoms with Gasteiger partial charge < -0.3 is 19.9 Å². The first-order valence-electron chi connectivity index (χ1n) is 10.2. The van der Waals surface area contributed by atoms with Crippen LogP contribution in [0.4, 0.5) is 26.2 Å². The third-order valence-corrected chi connectivity index (χ3v) is 5.23. The minimum Gasteiger partial charge on any atom is -0.497 e. The van der Waals surface area contributed by atoms with Crippen molar-refractivity contribution in [3.05, 3.63) is 71.4 Å². The second-order valence-electron chi connectivity index (χ2n) is 7.42. The van der Waals surface area contributed by atoms with Crippen LogP contribution in [0.1, 0.15) is 16.1 Å². The number of aromatic nitrogens is 2. The highest BCUT2D eigenvalue weighted by atomic mass is 19.1. The summed E-state index contributed by atoms with van der Waals surface area (Å²) in [4.78, 5) is 25.1. The van der Waals surface area contributed by atoms with E-state index in [0.717, 1.165) is 29.3 Å². The predicted octanol–water partition coefficient (Wildman–Crippen LogP) is 3.78. The summed E-state index contributed by atoms with van der Waals surface area (Å²) in [7, 11) is 1.61. The molecule has 4 rings (SSSR count). The van der Waals surface area contributed by atoms with Gasteiger partial charge in [-0.2, -0.15) is 4.98 Å². The second-order valence-corrected chi connectivity index (χ2v) is 7.42. The van der Waals surface area contributed by atoms with Gasteiger partial charge in [0.25, 0.3) is 5.91 Å². The van der Waals surface area contributed by atoms with Crippen molar-refractivity contribution in [1.82, 2.24) is 14.9 Å². The number of rotatable bonds is 5. The molecule has 1 aliphatic rings. The van der Waals surface area contributed by atoms with Crippen LogP contribution in [0.15, 0.2) is 48.5 Å². The Hall–Kier alpha value is -3.75. The van der Waals surface area contributed by atoms with E-state index in [1.807, 2.05) is 42.2 Å². The van der Waals surface area contributed by atoms with Gasteiger partial charge >= 0.3 is 0 Å². The third kappa shape index (κ3) is 4.61. The standard InChI is InChI=1S/C23H23F2N5O2/c1-15-14-20(27-16-6-8-17(32-2)9-7-16)28-23(26-15)30-12-10-29(11-13-30)22(31)21-18(24)4-3-5-19(21)25/h3-9,14H,10-13H2,1-2H3,(H,26,27,28). The Kier molecular flexibility index (Phi) is 6.16. The molecule has 0 unspecified atom stereocenters. The SMILES string of the molecule is COc1ccc(Nc2cc(C)nc(N3CCN(C(=O)c4c(F)cccc4F)CC3)n2)cc1. The number of ether oxygens (including phenoxy) is 1. The van der Waals surface area contributed by atoms with Crippen LogP contribution < -0.4 is 15.0 Å². The van der Waals surface area contributed by atoms with Gasteiger partial charge in [0.2, 0.25) is 5.95 Å². The molecule has 1 aliphatic heterocycles. The molecule has 1 amide bonds. The number of piperazine rings is 1. The van der Waals surface area contributed by atoms with E-state index in [1.54, 1.807) is 7.11 Å². The summed E-state index contributed by atoms with van der Waals surface area (Å²) in [6.07, 6.45) is 0. The molecule has 1 fully saturated rings. The van der Waals surface area contributed by atoms with Crippen LogP contribution in [0.2, 0.25) is 0 Å². The molecule has 2 aromatic carbocycles. The molecule has 1 saturated heterocycles. The van der Waals surface area contributed by atoms with Crippen molar-refractivity contribution < 1.29 is 18.3 Å². The fourth-order valence-electron chi connectivity index (χ4n) is 3.55. The molecule has 0 saturated carbocycles. The molecule has 0 aliphatic carbocycles. The number of carbonyl (C=O) groups excluding carboxylic acids is 1. The highest BCUT2D eigenvalue weighted by molar-refractivity contribution is 5.95. The Balaban J connectivity index is 1.44. The first-order valence-corrected chi connectivity index (χ1v) is 10.2. The zero-order valence-electron chi connectivity index (χ0n) is 17.8. The number of hydrogen-bond donors (Lipinski definition) is 1. The molecule has 1 N–H and O–H groups in total. The summed E-state index contributed by atoms with van der Waals surface area (Å²) in [6, 6.07) is 12.7. The number of benzene rings is 2. The van der Waals surface area contributed by atoms with Crippen LogP contribution in [0.5, 0.6) is 5.75 Å². The van der Waals surface area contributed by atoms with Gasteiger partial charge in [-0.15, -0.1) is 0 Å². The van der Waals surface area contributed by atoms with Gasteiger partial charge in [0.05, 0.1) is 7.11 Å². The average molecular weight is 439 g/mol. The first-order chi connectivity index (χ1) is 15.4. The fourth-order valence-corrected chi connectivity index (χ4v) is 3.55. The van der Waals surface area contributed by atoms with Crippen LogP contribution >= 0.6 is 0 Å². The van der Waals surface area contributed by atoms with Crippen molar-refractivity contribution in [2.45, 2.75) is 6.92 Å². The number of hydrogen-bond acceptors (Lipinski definition) is 6. The number of aryl methyl sites for hydroxylation is 1. The molecule has 7 nitrogen and oxygen atoms in total. The maximum Gasteiger partial charge on any atom is 0.259 e. The van der Waals surface area contributed by atoms with E-state index in [4.69, 9.17) is 4.74 Å². The third-order valence-electron chi connectivity index (χ3n) is 5.23. The predicted molar refractivity (Wildman–Crippen MR) is 118 cm³/mol. The quantitative estimate of drug-likeness (QED) is 0.653. The molecule has 0 atom stereocenters. The fraction of sp³-hybridized carbons (Fsp3) is 0.261.